The first-order valence-electron chi connectivity index (χ1n) is 8.10. The third kappa shape index (κ3) is 5.76. The second kappa shape index (κ2) is 9.50. The Morgan fingerprint density at radius 1 is 1.24 bits per heavy atom. The number of carbonyl (C=O) groups is 2. The maximum absolute atomic E-state index is 12.6. The molecule has 0 heterocycles. The molecule has 0 bridgehead atoms. The highest BCUT2D eigenvalue weighted by Crippen LogP contribution is 2.27. The fourth-order valence-corrected chi connectivity index (χ4v) is 3.68. The van der Waals surface area contributed by atoms with Crippen LogP contribution in [-0.2, 0) is 14.8 Å². The van der Waals surface area contributed by atoms with Gasteiger partial charge in [-0.2, -0.15) is 9.41 Å². The van der Waals surface area contributed by atoms with Crippen molar-refractivity contribution in [3.63, 3.8) is 0 Å². The molecule has 1 amide bonds. The maximum Gasteiger partial charge on any atom is 0.335 e. The van der Waals surface area contributed by atoms with Crippen molar-refractivity contribution in [2.45, 2.75) is 4.90 Å². The van der Waals surface area contributed by atoms with Gasteiger partial charge in [-0.05, 0) is 35.9 Å². The molecule has 2 aromatic carbocycles. The van der Waals surface area contributed by atoms with Crippen molar-refractivity contribution in [3.05, 3.63) is 58.6 Å². The summed E-state index contributed by atoms with van der Waals surface area (Å²) in [5.74, 6) is -1.38. The minimum Gasteiger partial charge on any atom is -0.495 e. The van der Waals surface area contributed by atoms with E-state index in [2.05, 4.69) is 10.5 Å². The third-order valence-corrected chi connectivity index (χ3v) is 5.85. The number of rotatable bonds is 8. The lowest BCUT2D eigenvalue weighted by atomic mass is 10.1. The molecule has 2 N–H and O–H groups in total. The van der Waals surface area contributed by atoms with E-state index in [0.717, 1.165) is 4.31 Å². The van der Waals surface area contributed by atoms with Gasteiger partial charge in [0.15, 0.2) is 0 Å². The molecule has 0 saturated carbocycles. The van der Waals surface area contributed by atoms with Gasteiger partial charge in [0.25, 0.3) is 5.91 Å². The van der Waals surface area contributed by atoms with E-state index in [0.29, 0.717) is 11.3 Å². The molecule has 29 heavy (non-hydrogen) atoms. The number of amides is 1. The highest BCUT2D eigenvalue weighted by atomic mass is 35.5. The first-order chi connectivity index (χ1) is 13.6. The summed E-state index contributed by atoms with van der Waals surface area (Å²) in [5.41, 5.74) is 2.90. The first-order valence-corrected chi connectivity index (χ1v) is 9.92. The highest BCUT2D eigenvalue weighted by Gasteiger charge is 2.23. The van der Waals surface area contributed by atoms with E-state index in [1.807, 2.05) is 0 Å². The average molecular weight is 440 g/mol. The molecule has 9 nitrogen and oxygen atoms in total. The third-order valence-electron chi connectivity index (χ3n) is 3.76. The number of carbonyl (C=O) groups excluding carboxylic acids is 1. The lowest BCUT2D eigenvalue weighted by Crippen LogP contribution is -2.36. The van der Waals surface area contributed by atoms with E-state index in [1.54, 1.807) is 0 Å². The number of aromatic carboxylic acids is 1. The molecule has 0 fully saturated rings. The molecule has 0 atom stereocenters. The summed E-state index contributed by atoms with van der Waals surface area (Å²) >= 11 is 5.96. The highest BCUT2D eigenvalue weighted by molar-refractivity contribution is 7.89. The standard InChI is InChI=1S/C18H18ClN3O6S/c1-22(29(26,27)14-7-8-16(28-2)15(19)9-14)11-17(23)21-20-10-12-3-5-13(6-4-12)18(24)25/h3-10H,11H2,1-2H3,(H,21,23)(H,24,25)/b20-10-. The van der Waals surface area contributed by atoms with Crippen LogP contribution in [0.15, 0.2) is 52.5 Å². The number of carboxylic acid groups (broad SMARTS) is 1. The Morgan fingerprint density at radius 3 is 2.45 bits per heavy atom. The molecule has 0 aromatic heterocycles. The van der Waals surface area contributed by atoms with Crippen LogP contribution in [0.25, 0.3) is 0 Å². The zero-order chi connectivity index (χ0) is 21.6. The van der Waals surface area contributed by atoms with E-state index in [4.69, 9.17) is 21.4 Å². The van der Waals surface area contributed by atoms with Crippen molar-refractivity contribution >= 4 is 39.7 Å². The summed E-state index contributed by atoms with van der Waals surface area (Å²) in [6.07, 6.45) is 1.31. The molecular weight excluding hydrogens is 422 g/mol. The van der Waals surface area contributed by atoms with Gasteiger partial charge in [-0.3, -0.25) is 4.79 Å². The Hall–Kier alpha value is -2.95. The van der Waals surface area contributed by atoms with Crippen molar-refractivity contribution in [2.24, 2.45) is 5.10 Å². The number of hydrogen-bond acceptors (Lipinski definition) is 6. The Bertz CT molecular complexity index is 1040. The molecule has 0 unspecified atom stereocenters. The topological polar surface area (TPSA) is 125 Å². The van der Waals surface area contributed by atoms with E-state index in [9.17, 15) is 18.0 Å². The van der Waals surface area contributed by atoms with Crippen LogP contribution in [0.2, 0.25) is 5.02 Å². The lowest BCUT2D eigenvalue weighted by Gasteiger charge is -2.16. The number of benzene rings is 2. The number of methoxy groups -OCH3 is 1. The smallest absolute Gasteiger partial charge is 0.335 e. The number of ether oxygens (including phenoxy) is 1. The van der Waals surface area contributed by atoms with Crippen molar-refractivity contribution in [2.75, 3.05) is 20.7 Å². The van der Waals surface area contributed by atoms with E-state index in [1.165, 1.54) is 62.8 Å². The van der Waals surface area contributed by atoms with Crippen molar-refractivity contribution < 1.29 is 27.9 Å². The van der Waals surface area contributed by atoms with Crippen molar-refractivity contribution in [1.29, 1.82) is 0 Å². The SMILES string of the molecule is COc1ccc(S(=O)(=O)N(C)CC(=O)N/N=C\c2ccc(C(=O)O)cc2)cc1Cl. The van der Waals surface area contributed by atoms with Gasteiger partial charge in [-0.15, -0.1) is 0 Å². The number of nitrogens with zero attached hydrogens (tertiary/aromatic N) is 2. The zero-order valence-electron chi connectivity index (χ0n) is 15.5. The molecule has 154 valence electrons. The van der Waals surface area contributed by atoms with Gasteiger partial charge in [0.2, 0.25) is 10.0 Å². The summed E-state index contributed by atoms with van der Waals surface area (Å²) in [4.78, 5) is 22.7. The summed E-state index contributed by atoms with van der Waals surface area (Å²) < 4.78 is 31.0. The molecular formula is C18H18ClN3O6S. The van der Waals surface area contributed by atoms with Gasteiger partial charge in [0.1, 0.15) is 5.75 Å². The predicted octanol–water partition coefficient (Wildman–Crippen LogP) is 1.82. The molecule has 2 rings (SSSR count). The average Bonchev–Trinajstić information content (AvgIpc) is 2.68. The van der Waals surface area contributed by atoms with Crippen LogP contribution in [0.4, 0.5) is 0 Å². The van der Waals surface area contributed by atoms with Crippen LogP contribution in [-0.4, -0.2) is 56.6 Å². The number of hydrazone groups is 1. The van der Waals surface area contributed by atoms with E-state index in [-0.39, 0.29) is 15.5 Å². The summed E-state index contributed by atoms with van der Waals surface area (Å²) in [7, 11) is -1.29. The Kier molecular flexibility index (Phi) is 7.32. The quantitative estimate of drug-likeness (QED) is 0.477. The molecule has 0 aliphatic carbocycles. The van der Waals surface area contributed by atoms with E-state index < -0.39 is 28.4 Å². The largest absolute Gasteiger partial charge is 0.495 e. The minimum absolute atomic E-state index is 0.0828. The van der Waals surface area contributed by atoms with Gasteiger partial charge in [0, 0.05) is 7.05 Å². The fourth-order valence-electron chi connectivity index (χ4n) is 2.20. The molecule has 0 aliphatic rings. The molecule has 0 radical (unpaired) electrons. The van der Waals surface area contributed by atoms with Gasteiger partial charge in [0.05, 0.1) is 35.4 Å². The van der Waals surface area contributed by atoms with Gasteiger partial charge in [-0.1, -0.05) is 23.7 Å². The maximum atomic E-state index is 12.6. The van der Waals surface area contributed by atoms with Crippen molar-refractivity contribution in [3.8, 4) is 5.75 Å². The summed E-state index contributed by atoms with van der Waals surface area (Å²) in [6.45, 7) is -0.471. The molecule has 0 saturated heterocycles. The van der Waals surface area contributed by atoms with Crippen LogP contribution in [0.1, 0.15) is 15.9 Å². The number of halogens is 1. The van der Waals surface area contributed by atoms with Crippen LogP contribution >= 0.6 is 11.6 Å². The van der Waals surface area contributed by atoms with Gasteiger partial charge in [-0.25, -0.2) is 18.6 Å². The van der Waals surface area contributed by atoms with Crippen LogP contribution in [0.5, 0.6) is 5.75 Å². The van der Waals surface area contributed by atoms with Gasteiger partial charge < -0.3 is 9.84 Å². The molecule has 0 aliphatic heterocycles. The molecule has 11 heteroatoms. The van der Waals surface area contributed by atoms with Crippen LogP contribution in [0.3, 0.4) is 0 Å². The molecule has 0 spiro atoms. The van der Waals surface area contributed by atoms with Crippen molar-refractivity contribution in [1.82, 2.24) is 9.73 Å². The Morgan fingerprint density at radius 2 is 1.90 bits per heavy atom. The second-order valence-corrected chi connectivity index (χ2v) is 8.23. The second-order valence-electron chi connectivity index (χ2n) is 5.78. The van der Waals surface area contributed by atoms with Crippen LogP contribution < -0.4 is 10.2 Å². The lowest BCUT2D eigenvalue weighted by molar-refractivity contribution is -0.121. The summed E-state index contributed by atoms with van der Waals surface area (Å²) in [5, 5.41) is 12.7. The predicted molar refractivity (Wildman–Crippen MR) is 107 cm³/mol. The zero-order valence-corrected chi connectivity index (χ0v) is 17.1. The first kappa shape index (κ1) is 22.3. The van der Waals surface area contributed by atoms with Gasteiger partial charge >= 0.3 is 5.97 Å². The molecule has 2 aromatic rings. The number of nitrogens with one attached hydrogen (secondary N) is 1. The summed E-state index contributed by atoms with van der Waals surface area (Å²) in [6, 6.07) is 9.81. The monoisotopic (exact) mass is 439 g/mol. The van der Waals surface area contributed by atoms with E-state index >= 15 is 0 Å². The minimum atomic E-state index is -3.95. The Labute approximate surface area is 172 Å². The fraction of sp³-hybridized carbons (Fsp3) is 0.167. The number of hydrogen-bond donors (Lipinski definition) is 2. The van der Waals surface area contributed by atoms with Crippen LogP contribution in [0, 0.1) is 0 Å². The number of likely N-dealkylation sites (N-methyl/N-ethyl adjacent to an activating group) is 1. The number of sulfonamides is 1. The Balaban J connectivity index is 1.98. The normalized spacial score (nSPS) is 11.6. The number of carboxylic acids is 1.